The number of ether oxygens (including phenoxy) is 2. The van der Waals surface area contributed by atoms with Crippen molar-refractivity contribution in [1.29, 1.82) is 0 Å². The topological polar surface area (TPSA) is 65.5 Å². The molecule has 0 unspecified atom stereocenters. The molecule has 0 amide bonds. The van der Waals surface area contributed by atoms with Gasteiger partial charge in [0.2, 0.25) is 0 Å². The van der Waals surface area contributed by atoms with Gasteiger partial charge in [0.05, 0.1) is 35.1 Å². The van der Waals surface area contributed by atoms with E-state index in [0.29, 0.717) is 17.7 Å². The summed E-state index contributed by atoms with van der Waals surface area (Å²) in [5, 5.41) is -0.886. The molecular weight excluding hydrogens is 395 g/mol. The van der Waals surface area contributed by atoms with E-state index in [1.54, 1.807) is 0 Å². The Hall–Kier alpha value is -2.13. The molecule has 0 bridgehead atoms. The van der Waals surface area contributed by atoms with Gasteiger partial charge in [0, 0.05) is 18.9 Å². The standard InChI is InChI=1S/C19H20F3NO4S/c1-26-14-4-5-16(9-14)28(24,25)18-6-3-12(8-17(18)19(20,21)22)13-7-15(27-2)11-23-10-13/h3,6-8,10-11,14,16H,4-5,9H2,1-2H3/t14-,16-/m0/s1. The summed E-state index contributed by atoms with van der Waals surface area (Å²) >= 11 is 0. The van der Waals surface area contributed by atoms with Crippen molar-refractivity contribution in [3.05, 3.63) is 42.2 Å². The Balaban J connectivity index is 2.07. The number of methoxy groups -OCH3 is 2. The number of aromatic nitrogens is 1. The highest BCUT2D eigenvalue weighted by Crippen LogP contribution is 2.40. The van der Waals surface area contributed by atoms with Gasteiger partial charge in [-0.1, -0.05) is 6.07 Å². The second-order valence-electron chi connectivity index (χ2n) is 6.66. The van der Waals surface area contributed by atoms with Crippen LogP contribution in [0.1, 0.15) is 24.8 Å². The Morgan fingerprint density at radius 2 is 1.82 bits per heavy atom. The van der Waals surface area contributed by atoms with Crippen molar-refractivity contribution in [3.8, 4) is 16.9 Å². The lowest BCUT2D eigenvalue weighted by atomic mass is 10.0. The fourth-order valence-corrected chi connectivity index (χ4v) is 5.46. The van der Waals surface area contributed by atoms with E-state index in [4.69, 9.17) is 9.47 Å². The minimum absolute atomic E-state index is 0.192. The molecule has 1 saturated carbocycles. The first-order chi connectivity index (χ1) is 13.2. The van der Waals surface area contributed by atoms with E-state index in [9.17, 15) is 21.6 Å². The van der Waals surface area contributed by atoms with Crippen molar-refractivity contribution >= 4 is 9.84 Å². The fourth-order valence-electron chi connectivity index (χ4n) is 3.44. The number of benzene rings is 1. The van der Waals surface area contributed by atoms with Crippen LogP contribution in [0, 0.1) is 0 Å². The third-order valence-corrected chi connectivity index (χ3v) is 7.26. The van der Waals surface area contributed by atoms with Gasteiger partial charge in [-0.3, -0.25) is 4.98 Å². The van der Waals surface area contributed by atoms with Gasteiger partial charge in [-0.05, 0) is 43.0 Å². The smallest absolute Gasteiger partial charge is 0.417 e. The molecule has 2 atom stereocenters. The molecule has 152 valence electrons. The molecule has 28 heavy (non-hydrogen) atoms. The SMILES string of the molecule is COc1cncc(-c2ccc(S(=O)(=O)[C@H]3CC[C@H](OC)C3)c(C(F)(F)F)c2)c1. The molecule has 1 aliphatic rings. The van der Waals surface area contributed by atoms with Gasteiger partial charge in [-0.25, -0.2) is 8.42 Å². The van der Waals surface area contributed by atoms with E-state index in [2.05, 4.69) is 4.98 Å². The van der Waals surface area contributed by atoms with Gasteiger partial charge in [0.25, 0.3) is 0 Å². The summed E-state index contributed by atoms with van der Waals surface area (Å²) in [4.78, 5) is 3.24. The highest BCUT2D eigenvalue weighted by atomic mass is 32.2. The molecule has 2 aromatic rings. The lowest BCUT2D eigenvalue weighted by Gasteiger charge is -2.18. The third-order valence-electron chi connectivity index (χ3n) is 4.98. The molecule has 0 saturated heterocycles. The number of hydrogen-bond donors (Lipinski definition) is 0. The molecule has 1 aromatic carbocycles. The molecule has 9 heteroatoms. The molecule has 0 radical (unpaired) electrons. The van der Waals surface area contributed by atoms with Gasteiger partial charge >= 0.3 is 6.18 Å². The predicted molar refractivity (Wildman–Crippen MR) is 96.8 cm³/mol. The van der Waals surface area contributed by atoms with Crippen molar-refractivity contribution < 1.29 is 31.1 Å². The molecule has 1 fully saturated rings. The first kappa shape index (κ1) is 20.6. The normalized spacial score (nSPS) is 20.3. The van der Waals surface area contributed by atoms with Crippen molar-refractivity contribution in [2.75, 3.05) is 14.2 Å². The molecule has 3 rings (SSSR count). The summed E-state index contributed by atoms with van der Waals surface area (Å²) < 4.78 is 77.2. The van der Waals surface area contributed by atoms with Gasteiger partial charge in [0.1, 0.15) is 5.75 Å². The van der Waals surface area contributed by atoms with Crippen molar-refractivity contribution in [2.24, 2.45) is 0 Å². The monoisotopic (exact) mass is 415 g/mol. The number of pyridine rings is 1. The van der Waals surface area contributed by atoms with Crippen LogP contribution in [0.5, 0.6) is 5.75 Å². The van der Waals surface area contributed by atoms with E-state index in [1.165, 1.54) is 38.7 Å². The van der Waals surface area contributed by atoms with Crippen LogP contribution in [0.3, 0.4) is 0 Å². The van der Waals surface area contributed by atoms with Gasteiger partial charge in [-0.2, -0.15) is 13.2 Å². The molecule has 1 heterocycles. The Bertz CT molecular complexity index is 960. The van der Waals surface area contributed by atoms with Crippen molar-refractivity contribution in [2.45, 2.75) is 41.7 Å². The average molecular weight is 415 g/mol. The zero-order valence-electron chi connectivity index (χ0n) is 15.4. The lowest BCUT2D eigenvalue weighted by molar-refractivity contribution is -0.139. The molecule has 0 aliphatic heterocycles. The molecule has 0 N–H and O–H groups in total. The highest BCUT2D eigenvalue weighted by molar-refractivity contribution is 7.92. The van der Waals surface area contributed by atoms with Crippen LogP contribution in [-0.2, 0) is 20.8 Å². The average Bonchev–Trinajstić information content (AvgIpc) is 3.17. The van der Waals surface area contributed by atoms with Crippen LogP contribution in [0.4, 0.5) is 13.2 Å². The van der Waals surface area contributed by atoms with E-state index < -0.39 is 31.7 Å². The Kier molecular flexibility index (Phi) is 5.67. The zero-order valence-corrected chi connectivity index (χ0v) is 16.2. The van der Waals surface area contributed by atoms with Crippen molar-refractivity contribution in [1.82, 2.24) is 4.98 Å². The maximum Gasteiger partial charge on any atom is 0.417 e. The second kappa shape index (κ2) is 7.71. The number of sulfone groups is 1. The molecule has 1 aliphatic carbocycles. The second-order valence-corrected chi connectivity index (χ2v) is 8.86. The van der Waals surface area contributed by atoms with E-state index in [1.807, 2.05) is 0 Å². The minimum Gasteiger partial charge on any atom is -0.495 e. The number of rotatable bonds is 5. The van der Waals surface area contributed by atoms with E-state index >= 15 is 0 Å². The molecule has 0 spiro atoms. The lowest BCUT2D eigenvalue weighted by Crippen LogP contribution is -2.23. The molecular formula is C19H20F3NO4S. The summed E-state index contributed by atoms with van der Waals surface area (Å²) in [6.45, 7) is 0. The maximum atomic E-state index is 13.7. The van der Waals surface area contributed by atoms with Crippen LogP contribution in [0.15, 0.2) is 41.6 Å². The summed E-state index contributed by atoms with van der Waals surface area (Å²) in [7, 11) is -1.25. The van der Waals surface area contributed by atoms with Gasteiger partial charge < -0.3 is 9.47 Å². The maximum absolute atomic E-state index is 13.7. The Morgan fingerprint density at radius 3 is 2.43 bits per heavy atom. The quantitative estimate of drug-likeness (QED) is 0.735. The summed E-state index contributed by atoms with van der Waals surface area (Å²) in [6, 6.07) is 4.79. The molecule has 5 nitrogen and oxygen atoms in total. The summed E-state index contributed by atoms with van der Waals surface area (Å²) in [5.74, 6) is 0.388. The highest BCUT2D eigenvalue weighted by Gasteiger charge is 2.42. The Labute approximate surface area is 161 Å². The van der Waals surface area contributed by atoms with Crippen LogP contribution in [0.2, 0.25) is 0 Å². The fraction of sp³-hybridized carbons (Fsp3) is 0.421. The van der Waals surface area contributed by atoms with Crippen molar-refractivity contribution in [3.63, 3.8) is 0 Å². The number of halogens is 3. The first-order valence-electron chi connectivity index (χ1n) is 8.64. The third kappa shape index (κ3) is 4.00. The molecule has 1 aromatic heterocycles. The van der Waals surface area contributed by atoms with Crippen LogP contribution in [-0.4, -0.2) is 39.0 Å². The van der Waals surface area contributed by atoms with E-state index in [-0.39, 0.29) is 24.5 Å². The summed E-state index contributed by atoms with van der Waals surface area (Å²) in [5.41, 5.74) is -0.568. The number of hydrogen-bond acceptors (Lipinski definition) is 5. The number of alkyl halides is 3. The first-order valence-corrected chi connectivity index (χ1v) is 10.2. The van der Waals surface area contributed by atoms with Gasteiger partial charge in [-0.15, -0.1) is 0 Å². The Morgan fingerprint density at radius 1 is 1.07 bits per heavy atom. The summed E-state index contributed by atoms with van der Waals surface area (Å²) in [6.07, 6.45) is -1.27. The minimum atomic E-state index is -4.82. The van der Waals surface area contributed by atoms with E-state index in [0.717, 1.165) is 12.1 Å². The number of nitrogens with zero attached hydrogens (tertiary/aromatic N) is 1. The van der Waals surface area contributed by atoms with Gasteiger partial charge in [0.15, 0.2) is 9.84 Å². The van der Waals surface area contributed by atoms with Crippen LogP contribution < -0.4 is 4.74 Å². The zero-order chi connectivity index (χ0) is 20.5. The van der Waals surface area contributed by atoms with Crippen LogP contribution >= 0.6 is 0 Å². The predicted octanol–water partition coefficient (Wildman–Crippen LogP) is 4.12. The van der Waals surface area contributed by atoms with Crippen LogP contribution in [0.25, 0.3) is 11.1 Å². The largest absolute Gasteiger partial charge is 0.495 e.